The molecule has 0 amide bonds. The fraction of sp³-hybridized carbons (Fsp3) is 1.00. The number of nitrogens with two attached hydrogens (primary N) is 1. The number of hydrogen-bond acceptors (Lipinski definition) is 2. The second-order valence-electron chi connectivity index (χ2n) is 3.11. The minimum Gasteiger partial charge on any atom is -0.380 e. The van der Waals surface area contributed by atoms with Crippen molar-refractivity contribution in [3.05, 3.63) is 0 Å². The van der Waals surface area contributed by atoms with Gasteiger partial charge in [0.15, 0.2) is 0 Å². The van der Waals surface area contributed by atoms with Crippen LogP contribution in [0.15, 0.2) is 0 Å². The van der Waals surface area contributed by atoms with Gasteiger partial charge in [-0.05, 0) is 13.3 Å². The van der Waals surface area contributed by atoms with Gasteiger partial charge in [-0.3, -0.25) is 0 Å². The van der Waals surface area contributed by atoms with Crippen LogP contribution in [-0.2, 0) is 4.74 Å². The second kappa shape index (κ2) is 8.02. The summed E-state index contributed by atoms with van der Waals surface area (Å²) in [5.74, 6) is 0. The van der Waals surface area contributed by atoms with Gasteiger partial charge in [-0.25, -0.2) is 0 Å². The third-order valence-electron chi connectivity index (χ3n) is 1.52. The summed E-state index contributed by atoms with van der Waals surface area (Å²) in [6.45, 7) is 5.75. The summed E-state index contributed by atoms with van der Waals surface area (Å²) in [5, 5.41) is 0. The van der Waals surface area contributed by atoms with Gasteiger partial charge in [0, 0.05) is 12.6 Å². The molecule has 0 aromatic heterocycles. The van der Waals surface area contributed by atoms with E-state index in [1.54, 1.807) is 0 Å². The Morgan fingerprint density at radius 2 is 2.00 bits per heavy atom. The van der Waals surface area contributed by atoms with E-state index in [9.17, 15) is 0 Å². The van der Waals surface area contributed by atoms with Gasteiger partial charge in [0.25, 0.3) is 0 Å². The van der Waals surface area contributed by atoms with Crippen molar-refractivity contribution in [1.29, 1.82) is 0 Å². The van der Waals surface area contributed by atoms with Crippen LogP contribution in [0.2, 0.25) is 0 Å². The highest BCUT2D eigenvalue weighted by molar-refractivity contribution is 4.48. The molecule has 2 heteroatoms. The van der Waals surface area contributed by atoms with Gasteiger partial charge in [-0.15, -0.1) is 0 Å². The monoisotopic (exact) mass is 159 g/mol. The molecule has 11 heavy (non-hydrogen) atoms. The van der Waals surface area contributed by atoms with Gasteiger partial charge in [-0.2, -0.15) is 0 Å². The molecule has 0 aliphatic heterocycles. The summed E-state index contributed by atoms with van der Waals surface area (Å²) in [5.41, 5.74) is 5.51. The van der Waals surface area contributed by atoms with Crippen molar-refractivity contribution < 1.29 is 4.74 Å². The van der Waals surface area contributed by atoms with Crippen molar-refractivity contribution in [2.24, 2.45) is 5.73 Å². The number of hydrogen-bond donors (Lipinski definition) is 1. The molecule has 0 aliphatic rings. The van der Waals surface area contributed by atoms with Gasteiger partial charge in [0.1, 0.15) is 0 Å². The summed E-state index contributed by atoms with van der Waals surface area (Å²) in [7, 11) is 0. The molecule has 68 valence electrons. The molecular formula is C9H21NO. The van der Waals surface area contributed by atoms with Gasteiger partial charge in [0.2, 0.25) is 0 Å². The molecule has 0 spiro atoms. The maximum atomic E-state index is 5.51. The highest BCUT2D eigenvalue weighted by atomic mass is 16.5. The average molecular weight is 159 g/mol. The summed E-state index contributed by atoms with van der Waals surface area (Å²) in [4.78, 5) is 0. The van der Waals surface area contributed by atoms with Gasteiger partial charge >= 0.3 is 0 Å². The average Bonchev–Trinajstić information content (AvgIpc) is 1.96. The molecule has 0 bridgehead atoms. The number of rotatable bonds is 7. The summed E-state index contributed by atoms with van der Waals surface area (Å²) in [6.07, 6.45) is 5.07. The molecule has 2 nitrogen and oxygen atoms in total. The van der Waals surface area contributed by atoms with Crippen LogP contribution in [0.3, 0.4) is 0 Å². The maximum absolute atomic E-state index is 5.51. The van der Waals surface area contributed by atoms with E-state index in [0.717, 1.165) is 6.61 Å². The predicted octanol–water partition coefficient (Wildman–Crippen LogP) is 1.93. The molecule has 2 N–H and O–H groups in total. The standard InChI is InChI=1S/C9H21NO/c1-3-4-5-6-7-11-8-9(2)10/h9H,3-8,10H2,1-2H3. The highest BCUT2D eigenvalue weighted by Crippen LogP contribution is 1.98. The molecule has 0 rings (SSSR count). The van der Waals surface area contributed by atoms with Crippen LogP contribution in [0, 0.1) is 0 Å². The Labute approximate surface area is 70.1 Å². The Morgan fingerprint density at radius 3 is 2.55 bits per heavy atom. The van der Waals surface area contributed by atoms with Crippen LogP contribution in [-0.4, -0.2) is 19.3 Å². The van der Waals surface area contributed by atoms with E-state index in [2.05, 4.69) is 6.92 Å². The molecule has 1 unspecified atom stereocenters. The zero-order valence-electron chi connectivity index (χ0n) is 7.81. The van der Waals surface area contributed by atoms with E-state index in [1.165, 1.54) is 25.7 Å². The Morgan fingerprint density at radius 1 is 1.27 bits per heavy atom. The van der Waals surface area contributed by atoms with Crippen molar-refractivity contribution in [3.63, 3.8) is 0 Å². The lowest BCUT2D eigenvalue weighted by atomic mass is 10.2. The van der Waals surface area contributed by atoms with Crippen molar-refractivity contribution in [2.75, 3.05) is 13.2 Å². The van der Waals surface area contributed by atoms with Crippen LogP contribution < -0.4 is 5.73 Å². The minimum absolute atomic E-state index is 0.182. The minimum atomic E-state index is 0.182. The largest absolute Gasteiger partial charge is 0.380 e. The van der Waals surface area contributed by atoms with E-state index in [1.807, 2.05) is 6.92 Å². The number of unbranched alkanes of at least 4 members (excludes halogenated alkanes) is 3. The molecule has 0 saturated heterocycles. The van der Waals surface area contributed by atoms with Crippen molar-refractivity contribution >= 4 is 0 Å². The van der Waals surface area contributed by atoms with E-state index in [4.69, 9.17) is 10.5 Å². The van der Waals surface area contributed by atoms with Crippen molar-refractivity contribution in [2.45, 2.75) is 45.6 Å². The van der Waals surface area contributed by atoms with Crippen LogP contribution in [0.25, 0.3) is 0 Å². The highest BCUT2D eigenvalue weighted by Gasteiger charge is 1.92. The summed E-state index contributed by atoms with van der Waals surface area (Å²) < 4.78 is 5.32. The third kappa shape index (κ3) is 9.92. The van der Waals surface area contributed by atoms with Crippen molar-refractivity contribution in [1.82, 2.24) is 0 Å². The lowest BCUT2D eigenvalue weighted by Crippen LogP contribution is -2.22. The third-order valence-corrected chi connectivity index (χ3v) is 1.52. The quantitative estimate of drug-likeness (QED) is 0.576. The van der Waals surface area contributed by atoms with Crippen LogP contribution in [0.4, 0.5) is 0 Å². The predicted molar refractivity (Wildman–Crippen MR) is 48.6 cm³/mol. The van der Waals surface area contributed by atoms with Crippen LogP contribution >= 0.6 is 0 Å². The summed E-state index contributed by atoms with van der Waals surface area (Å²) >= 11 is 0. The maximum Gasteiger partial charge on any atom is 0.0614 e. The lowest BCUT2D eigenvalue weighted by Gasteiger charge is -2.05. The SMILES string of the molecule is CCCCCCOCC(C)N. The molecule has 0 fully saturated rings. The zero-order valence-corrected chi connectivity index (χ0v) is 7.81. The molecule has 0 aromatic rings. The Balaban J connectivity index is 2.80. The molecule has 0 radical (unpaired) electrons. The Bertz CT molecular complexity index is 74.0. The van der Waals surface area contributed by atoms with Gasteiger partial charge < -0.3 is 10.5 Å². The first kappa shape index (κ1) is 10.9. The normalized spacial score (nSPS) is 13.4. The molecule has 0 saturated carbocycles. The van der Waals surface area contributed by atoms with E-state index in [0.29, 0.717) is 6.61 Å². The van der Waals surface area contributed by atoms with E-state index in [-0.39, 0.29) is 6.04 Å². The van der Waals surface area contributed by atoms with Crippen molar-refractivity contribution in [3.8, 4) is 0 Å². The Hall–Kier alpha value is -0.0800. The molecule has 0 heterocycles. The topological polar surface area (TPSA) is 35.2 Å². The van der Waals surface area contributed by atoms with E-state index < -0.39 is 0 Å². The zero-order chi connectivity index (χ0) is 8.53. The molecule has 0 aliphatic carbocycles. The van der Waals surface area contributed by atoms with E-state index >= 15 is 0 Å². The second-order valence-corrected chi connectivity index (χ2v) is 3.11. The summed E-state index contributed by atoms with van der Waals surface area (Å²) in [6, 6.07) is 0.182. The van der Waals surface area contributed by atoms with Crippen LogP contribution in [0.5, 0.6) is 0 Å². The number of ether oxygens (including phenoxy) is 1. The molecule has 0 aromatic carbocycles. The lowest BCUT2D eigenvalue weighted by molar-refractivity contribution is 0.120. The Kier molecular flexibility index (Phi) is 7.96. The molecular weight excluding hydrogens is 138 g/mol. The first-order chi connectivity index (χ1) is 5.27. The first-order valence-electron chi connectivity index (χ1n) is 4.60. The van der Waals surface area contributed by atoms with Gasteiger partial charge in [0.05, 0.1) is 6.61 Å². The molecule has 1 atom stereocenters. The van der Waals surface area contributed by atoms with Crippen LogP contribution in [0.1, 0.15) is 39.5 Å². The fourth-order valence-corrected chi connectivity index (χ4v) is 0.900. The fourth-order valence-electron chi connectivity index (χ4n) is 0.900. The smallest absolute Gasteiger partial charge is 0.0614 e. The van der Waals surface area contributed by atoms with Gasteiger partial charge in [-0.1, -0.05) is 26.2 Å². The first-order valence-corrected chi connectivity index (χ1v) is 4.60.